The standard InChI is InChI=1S/C14H16F3N3O2/c1-9(20(2)8-11(21)14(15,16)17)13-18-12(19-22-13)10-6-4-3-5-7-10/h3-7,9,11,21H,8H2,1-2H3. The summed E-state index contributed by atoms with van der Waals surface area (Å²) < 4.78 is 42.2. The van der Waals surface area contributed by atoms with Gasteiger partial charge in [0.2, 0.25) is 11.7 Å². The highest BCUT2D eigenvalue weighted by atomic mass is 19.4. The number of aromatic nitrogens is 2. The first-order valence-electron chi connectivity index (χ1n) is 6.63. The lowest BCUT2D eigenvalue weighted by Gasteiger charge is -2.25. The van der Waals surface area contributed by atoms with Crippen LogP contribution in [0.4, 0.5) is 13.2 Å². The van der Waals surface area contributed by atoms with Crippen LogP contribution in [0.5, 0.6) is 0 Å². The van der Waals surface area contributed by atoms with Crippen LogP contribution < -0.4 is 0 Å². The van der Waals surface area contributed by atoms with Crippen molar-refractivity contribution in [2.24, 2.45) is 0 Å². The Balaban J connectivity index is 2.07. The van der Waals surface area contributed by atoms with Crippen molar-refractivity contribution >= 4 is 0 Å². The summed E-state index contributed by atoms with van der Waals surface area (Å²) in [6.07, 6.45) is -7.07. The molecule has 0 aliphatic heterocycles. The average Bonchev–Trinajstić information content (AvgIpc) is 2.96. The van der Waals surface area contributed by atoms with E-state index in [0.717, 1.165) is 5.56 Å². The van der Waals surface area contributed by atoms with E-state index in [9.17, 15) is 13.2 Å². The summed E-state index contributed by atoms with van der Waals surface area (Å²) in [4.78, 5) is 5.49. The lowest BCUT2D eigenvalue weighted by Crippen LogP contribution is -2.40. The van der Waals surface area contributed by atoms with Gasteiger partial charge < -0.3 is 9.63 Å². The molecule has 1 aromatic heterocycles. The Bertz CT molecular complexity index is 601. The van der Waals surface area contributed by atoms with Gasteiger partial charge >= 0.3 is 6.18 Å². The molecule has 0 fully saturated rings. The third-order valence-electron chi connectivity index (χ3n) is 3.33. The van der Waals surface area contributed by atoms with Crippen LogP contribution in [0, 0.1) is 0 Å². The summed E-state index contributed by atoms with van der Waals surface area (Å²) in [6.45, 7) is 1.05. The number of likely N-dealkylation sites (N-methyl/N-ethyl adjacent to an activating group) is 1. The third-order valence-corrected chi connectivity index (χ3v) is 3.33. The van der Waals surface area contributed by atoms with Crippen LogP contribution in [0.15, 0.2) is 34.9 Å². The summed E-state index contributed by atoms with van der Waals surface area (Å²) >= 11 is 0. The second-order valence-electron chi connectivity index (χ2n) is 5.00. The zero-order valence-corrected chi connectivity index (χ0v) is 12.1. The van der Waals surface area contributed by atoms with E-state index < -0.39 is 24.9 Å². The maximum Gasteiger partial charge on any atom is 0.415 e. The first kappa shape index (κ1) is 16.4. The Morgan fingerprint density at radius 1 is 1.27 bits per heavy atom. The molecule has 22 heavy (non-hydrogen) atoms. The molecule has 0 amide bonds. The topological polar surface area (TPSA) is 62.4 Å². The SMILES string of the molecule is CC(c1nc(-c2ccccc2)no1)N(C)CC(O)C(F)(F)F. The van der Waals surface area contributed by atoms with Crippen molar-refractivity contribution in [3.63, 3.8) is 0 Å². The van der Waals surface area contributed by atoms with Crippen LogP contribution in [-0.2, 0) is 0 Å². The fourth-order valence-corrected chi connectivity index (χ4v) is 1.83. The van der Waals surface area contributed by atoms with Crippen molar-refractivity contribution < 1.29 is 22.8 Å². The van der Waals surface area contributed by atoms with Crippen molar-refractivity contribution in [3.05, 3.63) is 36.2 Å². The smallest absolute Gasteiger partial charge is 0.382 e. The molecule has 1 heterocycles. The third kappa shape index (κ3) is 3.83. The van der Waals surface area contributed by atoms with Gasteiger partial charge in [0.15, 0.2) is 6.10 Å². The van der Waals surface area contributed by atoms with E-state index in [-0.39, 0.29) is 5.89 Å². The minimum absolute atomic E-state index is 0.190. The monoisotopic (exact) mass is 315 g/mol. The maximum atomic E-state index is 12.4. The number of benzene rings is 1. The summed E-state index contributed by atoms with van der Waals surface area (Å²) in [5.41, 5.74) is 0.752. The minimum Gasteiger partial charge on any atom is -0.382 e. The van der Waals surface area contributed by atoms with E-state index in [1.807, 2.05) is 18.2 Å². The van der Waals surface area contributed by atoms with Gasteiger partial charge in [0, 0.05) is 12.1 Å². The minimum atomic E-state index is -4.65. The van der Waals surface area contributed by atoms with Crippen molar-refractivity contribution in [1.82, 2.24) is 15.0 Å². The second-order valence-corrected chi connectivity index (χ2v) is 5.00. The summed E-state index contributed by atoms with van der Waals surface area (Å²) in [5, 5.41) is 12.9. The van der Waals surface area contributed by atoms with Crippen molar-refractivity contribution in [2.45, 2.75) is 25.2 Å². The first-order chi connectivity index (χ1) is 10.3. The fraction of sp³-hybridized carbons (Fsp3) is 0.429. The summed E-state index contributed by atoms with van der Waals surface area (Å²) in [6, 6.07) is 8.54. The highest BCUT2D eigenvalue weighted by Crippen LogP contribution is 2.25. The molecule has 0 aliphatic rings. The Hall–Kier alpha value is -1.93. The van der Waals surface area contributed by atoms with Crippen LogP contribution >= 0.6 is 0 Å². The van der Waals surface area contributed by atoms with E-state index in [2.05, 4.69) is 10.1 Å². The molecule has 120 valence electrons. The van der Waals surface area contributed by atoms with Gasteiger partial charge in [-0.3, -0.25) is 4.90 Å². The number of aliphatic hydroxyl groups is 1. The van der Waals surface area contributed by atoms with Gasteiger partial charge in [-0.25, -0.2) is 0 Å². The van der Waals surface area contributed by atoms with E-state index in [1.54, 1.807) is 19.1 Å². The highest BCUT2D eigenvalue weighted by molar-refractivity contribution is 5.53. The van der Waals surface area contributed by atoms with E-state index in [0.29, 0.717) is 5.82 Å². The number of hydrogen-bond acceptors (Lipinski definition) is 5. The maximum absolute atomic E-state index is 12.4. The molecule has 0 bridgehead atoms. The number of alkyl halides is 3. The molecule has 2 unspecified atom stereocenters. The van der Waals surface area contributed by atoms with Gasteiger partial charge in [-0.05, 0) is 14.0 Å². The van der Waals surface area contributed by atoms with Gasteiger partial charge in [0.05, 0.1) is 6.04 Å². The summed E-state index contributed by atoms with van der Waals surface area (Å²) in [7, 11) is 1.45. The fourth-order valence-electron chi connectivity index (χ4n) is 1.83. The number of halogens is 3. The van der Waals surface area contributed by atoms with Crippen LogP contribution in [0.3, 0.4) is 0 Å². The molecule has 8 heteroatoms. The lowest BCUT2D eigenvalue weighted by atomic mass is 10.2. The Morgan fingerprint density at radius 2 is 1.91 bits per heavy atom. The predicted octanol–water partition coefficient (Wildman–Crippen LogP) is 2.65. The van der Waals surface area contributed by atoms with Gasteiger partial charge in [0.25, 0.3) is 0 Å². The summed E-state index contributed by atoms with van der Waals surface area (Å²) in [5.74, 6) is 0.558. The molecule has 0 aliphatic carbocycles. The van der Waals surface area contributed by atoms with E-state index >= 15 is 0 Å². The van der Waals surface area contributed by atoms with Gasteiger partial charge in [0.1, 0.15) is 0 Å². The van der Waals surface area contributed by atoms with Crippen molar-refractivity contribution in [3.8, 4) is 11.4 Å². The van der Waals surface area contributed by atoms with Gasteiger partial charge in [-0.15, -0.1) is 0 Å². The first-order valence-corrected chi connectivity index (χ1v) is 6.63. The number of aliphatic hydroxyl groups excluding tert-OH is 1. The molecule has 1 N–H and O–H groups in total. The van der Waals surface area contributed by atoms with Crippen LogP contribution in [0.25, 0.3) is 11.4 Å². The van der Waals surface area contributed by atoms with E-state index in [1.165, 1.54) is 11.9 Å². The molecule has 5 nitrogen and oxygen atoms in total. The Kier molecular flexibility index (Phi) is 4.82. The molecular weight excluding hydrogens is 299 g/mol. The van der Waals surface area contributed by atoms with Gasteiger partial charge in [-0.1, -0.05) is 35.5 Å². The van der Waals surface area contributed by atoms with Crippen LogP contribution in [0.2, 0.25) is 0 Å². The Labute approximate surface area is 125 Å². The average molecular weight is 315 g/mol. The van der Waals surface area contributed by atoms with Gasteiger partial charge in [-0.2, -0.15) is 18.2 Å². The van der Waals surface area contributed by atoms with Crippen LogP contribution in [0.1, 0.15) is 18.9 Å². The highest BCUT2D eigenvalue weighted by Gasteiger charge is 2.39. The molecule has 2 aromatic rings. The zero-order chi connectivity index (χ0) is 16.3. The molecule has 2 atom stereocenters. The van der Waals surface area contributed by atoms with E-state index in [4.69, 9.17) is 9.63 Å². The molecule has 0 saturated heterocycles. The number of nitrogens with zero attached hydrogens (tertiary/aromatic N) is 3. The van der Waals surface area contributed by atoms with Crippen molar-refractivity contribution in [1.29, 1.82) is 0 Å². The molecule has 0 saturated carbocycles. The van der Waals surface area contributed by atoms with Crippen molar-refractivity contribution in [2.75, 3.05) is 13.6 Å². The molecule has 2 rings (SSSR count). The largest absolute Gasteiger partial charge is 0.415 e. The quantitative estimate of drug-likeness (QED) is 0.919. The number of hydrogen-bond donors (Lipinski definition) is 1. The zero-order valence-electron chi connectivity index (χ0n) is 12.1. The molecular formula is C14H16F3N3O2. The van der Waals surface area contributed by atoms with Crippen LogP contribution in [-0.4, -0.2) is 46.0 Å². The molecule has 0 radical (unpaired) electrons. The Morgan fingerprint density at radius 3 is 2.50 bits per heavy atom. The second kappa shape index (κ2) is 6.45. The lowest BCUT2D eigenvalue weighted by molar-refractivity contribution is -0.208. The molecule has 1 aromatic carbocycles. The molecule has 0 spiro atoms. The number of rotatable bonds is 5. The predicted molar refractivity (Wildman–Crippen MR) is 72.8 cm³/mol. The normalized spacial score (nSPS) is 15.0.